The molecule has 0 bridgehead atoms. The molecule has 1 amide bonds. The van der Waals surface area contributed by atoms with Gasteiger partial charge in [0.05, 0.1) is 5.92 Å². The zero-order chi connectivity index (χ0) is 16.4. The minimum Gasteiger partial charge on any atom is -0.342 e. The molecule has 3 nitrogen and oxygen atoms in total. The molecule has 3 rings (SSSR count). The second kappa shape index (κ2) is 6.99. The molecule has 2 aliphatic heterocycles. The minimum atomic E-state index is -4.15. The summed E-state index contributed by atoms with van der Waals surface area (Å²) in [5.41, 5.74) is 0. The monoisotopic (exact) mass is 332 g/mol. The number of alkyl halides is 3. The van der Waals surface area contributed by atoms with E-state index in [0.29, 0.717) is 24.8 Å². The Morgan fingerprint density at radius 1 is 1.00 bits per heavy atom. The summed E-state index contributed by atoms with van der Waals surface area (Å²) in [4.78, 5) is 14.4. The molecule has 6 heteroatoms. The molecular weight excluding hydrogens is 305 g/mol. The molecule has 2 heterocycles. The van der Waals surface area contributed by atoms with E-state index in [4.69, 9.17) is 0 Å². The normalized spacial score (nSPS) is 33.9. The fraction of sp³-hybridized carbons (Fsp3) is 0.941. The molecule has 0 aromatic carbocycles. The van der Waals surface area contributed by atoms with Crippen LogP contribution < -0.4 is 5.32 Å². The van der Waals surface area contributed by atoms with Gasteiger partial charge in [0, 0.05) is 25.0 Å². The van der Waals surface area contributed by atoms with Gasteiger partial charge in [0.25, 0.3) is 0 Å². The Labute approximate surface area is 136 Å². The highest BCUT2D eigenvalue weighted by Crippen LogP contribution is 2.40. The summed E-state index contributed by atoms with van der Waals surface area (Å²) in [5.74, 6) is -1.12. The van der Waals surface area contributed by atoms with Gasteiger partial charge in [-0.15, -0.1) is 0 Å². The van der Waals surface area contributed by atoms with E-state index in [9.17, 15) is 18.0 Å². The van der Waals surface area contributed by atoms with Gasteiger partial charge in [0.15, 0.2) is 0 Å². The molecule has 1 aliphatic carbocycles. The number of carbonyl (C=O) groups excluding carboxylic acids is 1. The molecule has 23 heavy (non-hydrogen) atoms. The van der Waals surface area contributed by atoms with E-state index in [-0.39, 0.29) is 18.7 Å². The summed E-state index contributed by atoms with van der Waals surface area (Å²) in [6.07, 6.45) is 1.57. The molecule has 1 N–H and O–H groups in total. The van der Waals surface area contributed by atoms with Crippen LogP contribution >= 0.6 is 0 Å². The summed E-state index contributed by atoms with van der Waals surface area (Å²) < 4.78 is 38.7. The van der Waals surface area contributed by atoms with Gasteiger partial charge in [0.2, 0.25) is 5.91 Å². The molecule has 0 aromatic rings. The molecule has 0 spiro atoms. The lowest BCUT2D eigenvalue weighted by Gasteiger charge is -2.38. The van der Waals surface area contributed by atoms with Crippen molar-refractivity contribution in [2.24, 2.45) is 17.8 Å². The molecule has 3 aliphatic rings. The second-order valence-corrected chi connectivity index (χ2v) is 7.47. The van der Waals surface area contributed by atoms with Gasteiger partial charge in [-0.25, -0.2) is 0 Å². The van der Waals surface area contributed by atoms with Gasteiger partial charge in [-0.2, -0.15) is 13.2 Å². The lowest BCUT2D eigenvalue weighted by molar-refractivity contribution is -0.187. The molecule has 132 valence electrons. The third-order valence-electron chi connectivity index (χ3n) is 6.01. The maximum atomic E-state index is 12.9. The van der Waals surface area contributed by atoms with Crippen molar-refractivity contribution in [2.75, 3.05) is 19.6 Å². The number of nitrogens with one attached hydrogen (secondary N) is 1. The Kier molecular flexibility index (Phi) is 5.19. The van der Waals surface area contributed by atoms with Crippen molar-refractivity contribution in [3.63, 3.8) is 0 Å². The Balaban J connectivity index is 1.50. The maximum absolute atomic E-state index is 12.9. The van der Waals surface area contributed by atoms with Crippen LogP contribution in [0.25, 0.3) is 0 Å². The van der Waals surface area contributed by atoms with Crippen molar-refractivity contribution in [2.45, 2.75) is 63.6 Å². The van der Waals surface area contributed by atoms with E-state index in [1.54, 1.807) is 0 Å². The van der Waals surface area contributed by atoms with Crippen molar-refractivity contribution < 1.29 is 18.0 Å². The molecule has 0 radical (unpaired) electrons. The van der Waals surface area contributed by atoms with Crippen molar-refractivity contribution in [3.8, 4) is 0 Å². The fourth-order valence-electron chi connectivity index (χ4n) is 4.61. The van der Waals surface area contributed by atoms with Crippen molar-refractivity contribution in [1.82, 2.24) is 10.2 Å². The largest absolute Gasteiger partial charge is 0.391 e. The maximum Gasteiger partial charge on any atom is 0.391 e. The number of halogens is 3. The first kappa shape index (κ1) is 17.1. The summed E-state index contributed by atoms with van der Waals surface area (Å²) in [6.45, 7) is 2.52. The molecule has 2 saturated heterocycles. The molecule has 3 unspecified atom stereocenters. The number of amides is 1. The van der Waals surface area contributed by atoms with Crippen LogP contribution in [0, 0.1) is 17.8 Å². The van der Waals surface area contributed by atoms with Crippen molar-refractivity contribution in [3.05, 3.63) is 0 Å². The van der Waals surface area contributed by atoms with Crippen LogP contribution in [0.4, 0.5) is 13.2 Å². The van der Waals surface area contributed by atoms with Gasteiger partial charge >= 0.3 is 6.18 Å². The summed E-state index contributed by atoms with van der Waals surface area (Å²) in [5, 5.41) is 3.53. The first-order valence-electron chi connectivity index (χ1n) is 9.04. The Bertz CT molecular complexity index is 413. The Hall–Kier alpha value is -0.780. The zero-order valence-electron chi connectivity index (χ0n) is 13.6. The Morgan fingerprint density at radius 2 is 1.74 bits per heavy atom. The summed E-state index contributed by atoms with van der Waals surface area (Å²) >= 11 is 0. The average Bonchev–Trinajstić information content (AvgIpc) is 3.08. The molecule has 0 aromatic heterocycles. The lowest BCUT2D eigenvalue weighted by Crippen LogP contribution is -2.46. The number of hydrogen-bond acceptors (Lipinski definition) is 2. The van der Waals surface area contributed by atoms with Gasteiger partial charge < -0.3 is 10.2 Å². The standard InChI is InChI=1S/C17H27F3N2O/c18-17(19,20)14-4-1-3-13(11-14)16(23)22-9-6-12(7-10-22)15-5-2-8-21-15/h12-15,21H,1-11H2. The van der Waals surface area contributed by atoms with E-state index in [0.717, 1.165) is 32.5 Å². The molecule has 1 saturated carbocycles. The van der Waals surface area contributed by atoms with Crippen LogP contribution in [0.5, 0.6) is 0 Å². The third-order valence-corrected chi connectivity index (χ3v) is 6.01. The smallest absolute Gasteiger partial charge is 0.342 e. The number of hydrogen-bond donors (Lipinski definition) is 1. The fourth-order valence-corrected chi connectivity index (χ4v) is 4.61. The van der Waals surface area contributed by atoms with Crippen molar-refractivity contribution in [1.29, 1.82) is 0 Å². The Morgan fingerprint density at radius 3 is 2.35 bits per heavy atom. The van der Waals surface area contributed by atoms with Crippen LogP contribution in [-0.2, 0) is 4.79 Å². The predicted molar refractivity (Wildman–Crippen MR) is 81.8 cm³/mol. The zero-order valence-corrected chi connectivity index (χ0v) is 13.6. The highest BCUT2D eigenvalue weighted by Gasteiger charge is 2.44. The van der Waals surface area contributed by atoms with Gasteiger partial charge in [-0.1, -0.05) is 6.42 Å². The highest BCUT2D eigenvalue weighted by atomic mass is 19.4. The van der Waals surface area contributed by atoms with Crippen LogP contribution in [0.15, 0.2) is 0 Å². The average molecular weight is 332 g/mol. The topological polar surface area (TPSA) is 32.3 Å². The number of nitrogens with zero attached hydrogens (tertiary/aromatic N) is 1. The van der Waals surface area contributed by atoms with Gasteiger partial charge in [-0.05, 0) is 57.4 Å². The van der Waals surface area contributed by atoms with E-state index < -0.39 is 18.0 Å². The summed E-state index contributed by atoms with van der Waals surface area (Å²) in [7, 11) is 0. The van der Waals surface area contributed by atoms with Crippen LogP contribution in [0.1, 0.15) is 51.4 Å². The predicted octanol–water partition coefficient (Wildman–Crippen LogP) is 3.35. The number of piperidine rings is 1. The quantitative estimate of drug-likeness (QED) is 0.841. The summed E-state index contributed by atoms with van der Waals surface area (Å²) in [6, 6.07) is 0.580. The number of likely N-dealkylation sites (tertiary alicyclic amines) is 1. The molecule has 3 fully saturated rings. The highest BCUT2D eigenvalue weighted by molar-refractivity contribution is 5.79. The van der Waals surface area contributed by atoms with E-state index in [1.165, 1.54) is 12.8 Å². The number of rotatable bonds is 2. The molecule has 3 atom stereocenters. The van der Waals surface area contributed by atoms with Gasteiger partial charge in [0.1, 0.15) is 0 Å². The van der Waals surface area contributed by atoms with Crippen LogP contribution in [0.3, 0.4) is 0 Å². The SMILES string of the molecule is O=C(C1CCCC(C(F)(F)F)C1)N1CCC(C2CCCN2)CC1. The number of carbonyl (C=O) groups is 1. The van der Waals surface area contributed by atoms with E-state index >= 15 is 0 Å². The van der Waals surface area contributed by atoms with E-state index in [1.807, 2.05) is 4.90 Å². The third kappa shape index (κ3) is 4.01. The van der Waals surface area contributed by atoms with Crippen LogP contribution in [0.2, 0.25) is 0 Å². The molecular formula is C17H27F3N2O. The second-order valence-electron chi connectivity index (χ2n) is 7.47. The lowest BCUT2D eigenvalue weighted by atomic mass is 9.79. The van der Waals surface area contributed by atoms with E-state index in [2.05, 4.69) is 5.32 Å². The van der Waals surface area contributed by atoms with Crippen LogP contribution in [-0.4, -0.2) is 42.7 Å². The first-order chi connectivity index (χ1) is 10.9. The minimum absolute atomic E-state index is 0.00750. The first-order valence-corrected chi connectivity index (χ1v) is 9.04. The van der Waals surface area contributed by atoms with Gasteiger partial charge in [-0.3, -0.25) is 4.79 Å². The van der Waals surface area contributed by atoms with Crippen molar-refractivity contribution >= 4 is 5.91 Å².